The van der Waals surface area contributed by atoms with E-state index in [2.05, 4.69) is 9.97 Å². The largest absolute Gasteiger partial charge is 0.228 e. The van der Waals surface area contributed by atoms with Crippen molar-refractivity contribution in [3.63, 3.8) is 0 Å². The molecule has 0 saturated heterocycles. The van der Waals surface area contributed by atoms with Gasteiger partial charge in [0.05, 0.1) is 10.6 Å². The fourth-order valence-electron chi connectivity index (χ4n) is 1.49. The molecule has 1 aromatic heterocycles. The van der Waals surface area contributed by atoms with Gasteiger partial charge in [0.15, 0.2) is 5.16 Å². The highest BCUT2D eigenvalue weighted by atomic mass is 35.5. The first-order valence-corrected chi connectivity index (χ1v) is 6.48. The van der Waals surface area contributed by atoms with Crippen molar-refractivity contribution in [3.05, 3.63) is 46.2 Å². The molecule has 0 N–H and O–H groups in total. The summed E-state index contributed by atoms with van der Waals surface area (Å²) in [6.07, 6.45) is 0. The number of halogens is 1. The Morgan fingerprint density at radius 3 is 2.39 bits per heavy atom. The van der Waals surface area contributed by atoms with Gasteiger partial charge >= 0.3 is 0 Å². The molecule has 0 aliphatic heterocycles. The number of aromatic nitrogens is 2. The Morgan fingerprint density at radius 2 is 1.83 bits per heavy atom. The van der Waals surface area contributed by atoms with Gasteiger partial charge in [-0.2, -0.15) is 5.26 Å². The Balaban J connectivity index is 2.29. The molecule has 2 rings (SSSR count). The molecule has 90 valence electrons. The molecule has 0 aliphatic rings. The van der Waals surface area contributed by atoms with Crippen LogP contribution in [0.15, 0.2) is 34.3 Å². The number of hydrogen-bond donors (Lipinski definition) is 0. The van der Waals surface area contributed by atoms with Crippen LogP contribution >= 0.6 is 23.4 Å². The zero-order valence-corrected chi connectivity index (χ0v) is 11.5. The van der Waals surface area contributed by atoms with Crippen LogP contribution in [0.4, 0.5) is 0 Å². The summed E-state index contributed by atoms with van der Waals surface area (Å²) < 4.78 is 0. The lowest BCUT2D eigenvalue weighted by Crippen LogP contribution is -1.92. The predicted octanol–water partition coefficient (Wildman–Crippen LogP) is 3.77. The summed E-state index contributed by atoms with van der Waals surface area (Å²) in [5, 5.41) is 9.94. The minimum absolute atomic E-state index is 0.451. The first kappa shape index (κ1) is 12.9. The van der Waals surface area contributed by atoms with Crippen LogP contribution in [0.2, 0.25) is 5.02 Å². The van der Waals surface area contributed by atoms with Gasteiger partial charge in [0, 0.05) is 16.3 Å². The van der Waals surface area contributed by atoms with Crippen LogP contribution in [0.5, 0.6) is 0 Å². The van der Waals surface area contributed by atoms with Crippen LogP contribution in [0.1, 0.15) is 17.0 Å². The van der Waals surface area contributed by atoms with Crippen LogP contribution in [0.25, 0.3) is 0 Å². The second-order valence-electron chi connectivity index (χ2n) is 3.79. The van der Waals surface area contributed by atoms with Gasteiger partial charge in [-0.05, 0) is 49.9 Å². The Morgan fingerprint density at radius 1 is 1.17 bits per heavy atom. The summed E-state index contributed by atoms with van der Waals surface area (Å²) in [5.74, 6) is 0. The minimum Gasteiger partial charge on any atom is -0.228 e. The SMILES string of the molecule is Cc1cc(C)nc(Sc2ccc(C#N)c(Cl)c2)n1. The monoisotopic (exact) mass is 275 g/mol. The van der Waals surface area contributed by atoms with Crippen molar-refractivity contribution in [1.29, 1.82) is 5.26 Å². The first-order chi connectivity index (χ1) is 8.58. The van der Waals surface area contributed by atoms with E-state index in [9.17, 15) is 0 Å². The van der Waals surface area contributed by atoms with Crippen molar-refractivity contribution in [2.75, 3.05) is 0 Å². The van der Waals surface area contributed by atoms with Crippen LogP contribution in [0.3, 0.4) is 0 Å². The molecule has 0 radical (unpaired) electrons. The highest BCUT2D eigenvalue weighted by Crippen LogP contribution is 2.28. The zero-order chi connectivity index (χ0) is 13.1. The van der Waals surface area contributed by atoms with E-state index in [4.69, 9.17) is 16.9 Å². The van der Waals surface area contributed by atoms with Crippen LogP contribution in [-0.4, -0.2) is 9.97 Å². The lowest BCUT2D eigenvalue weighted by atomic mass is 10.2. The maximum atomic E-state index is 8.81. The molecule has 2 aromatic rings. The standard InChI is InChI=1S/C13H10ClN3S/c1-8-5-9(2)17-13(16-8)18-11-4-3-10(7-15)12(14)6-11/h3-6H,1-2H3. The van der Waals surface area contributed by atoms with Gasteiger partial charge in [0.25, 0.3) is 0 Å². The van der Waals surface area contributed by atoms with Crippen LogP contribution in [-0.2, 0) is 0 Å². The van der Waals surface area contributed by atoms with E-state index in [0.29, 0.717) is 15.7 Å². The molecule has 18 heavy (non-hydrogen) atoms. The second kappa shape index (κ2) is 5.38. The molecule has 0 spiro atoms. The van der Waals surface area contributed by atoms with E-state index in [0.717, 1.165) is 16.3 Å². The van der Waals surface area contributed by atoms with E-state index in [-0.39, 0.29) is 0 Å². The van der Waals surface area contributed by atoms with Gasteiger partial charge < -0.3 is 0 Å². The summed E-state index contributed by atoms with van der Waals surface area (Å²) >= 11 is 7.41. The van der Waals surface area contributed by atoms with E-state index < -0.39 is 0 Å². The smallest absolute Gasteiger partial charge is 0.192 e. The third-order valence-electron chi connectivity index (χ3n) is 2.23. The van der Waals surface area contributed by atoms with E-state index in [1.54, 1.807) is 12.1 Å². The summed E-state index contributed by atoms with van der Waals surface area (Å²) in [6, 6.07) is 9.26. The van der Waals surface area contributed by atoms with E-state index in [1.807, 2.05) is 32.0 Å². The van der Waals surface area contributed by atoms with Gasteiger partial charge in [-0.15, -0.1) is 0 Å². The predicted molar refractivity (Wildman–Crippen MR) is 71.8 cm³/mol. The van der Waals surface area contributed by atoms with Crippen molar-refractivity contribution in [3.8, 4) is 6.07 Å². The highest BCUT2D eigenvalue weighted by molar-refractivity contribution is 7.99. The molecule has 0 unspecified atom stereocenters. The van der Waals surface area contributed by atoms with Gasteiger partial charge in [-0.3, -0.25) is 0 Å². The fourth-order valence-corrected chi connectivity index (χ4v) is 2.69. The molecule has 3 nitrogen and oxygen atoms in total. The molecular weight excluding hydrogens is 266 g/mol. The lowest BCUT2D eigenvalue weighted by molar-refractivity contribution is 0.902. The summed E-state index contributed by atoms with van der Waals surface area (Å²) in [7, 11) is 0. The van der Waals surface area contributed by atoms with Crippen molar-refractivity contribution in [2.24, 2.45) is 0 Å². The lowest BCUT2D eigenvalue weighted by Gasteiger charge is -2.04. The number of nitrogens with zero attached hydrogens (tertiary/aromatic N) is 3. The molecule has 0 fully saturated rings. The van der Waals surface area contributed by atoms with Gasteiger partial charge in [-0.25, -0.2) is 9.97 Å². The molecule has 0 atom stereocenters. The highest BCUT2D eigenvalue weighted by Gasteiger charge is 2.05. The first-order valence-electron chi connectivity index (χ1n) is 5.28. The summed E-state index contributed by atoms with van der Waals surface area (Å²) in [5.41, 5.74) is 2.34. The third-order valence-corrected chi connectivity index (χ3v) is 3.40. The van der Waals surface area contributed by atoms with Gasteiger partial charge in [-0.1, -0.05) is 11.6 Å². The summed E-state index contributed by atoms with van der Waals surface area (Å²) in [4.78, 5) is 9.61. The number of aryl methyl sites for hydroxylation is 2. The Labute approximate surface area is 115 Å². The topological polar surface area (TPSA) is 49.6 Å². The minimum atomic E-state index is 0.451. The van der Waals surface area contributed by atoms with Gasteiger partial charge in [0.1, 0.15) is 6.07 Å². The number of benzene rings is 1. The van der Waals surface area contributed by atoms with Crippen molar-refractivity contribution < 1.29 is 0 Å². The van der Waals surface area contributed by atoms with Crippen molar-refractivity contribution >= 4 is 23.4 Å². The number of nitriles is 1. The Hall–Kier alpha value is -1.57. The van der Waals surface area contributed by atoms with E-state index >= 15 is 0 Å². The number of hydrogen-bond acceptors (Lipinski definition) is 4. The maximum absolute atomic E-state index is 8.81. The maximum Gasteiger partial charge on any atom is 0.192 e. The summed E-state index contributed by atoms with van der Waals surface area (Å²) in [6.45, 7) is 3.87. The molecule has 0 saturated carbocycles. The van der Waals surface area contributed by atoms with Crippen LogP contribution in [0, 0.1) is 25.2 Å². The normalized spacial score (nSPS) is 10.1. The zero-order valence-electron chi connectivity index (χ0n) is 9.94. The molecule has 1 aromatic carbocycles. The Bertz CT molecular complexity index is 614. The molecule has 5 heteroatoms. The van der Waals surface area contributed by atoms with Crippen molar-refractivity contribution in [1.82, 2.24) is 9.97 Å². The molecule has 0 aliphatic carbocycles. The molecule has 0 amide bonds. The fraction of sp³-hybridized carbons (Fsp3) is 0.154. The van der Waals surface area contributed by atoms with E-state index in [1.165, 1.54) is 11.8 Å². The van der Waals surface area contributed by atoms with Gasteiger partial charge in [0.2, 0.25) is 0 Å². The average molecular weight is 276 g/mol. The quantitative estimate of drug-likeness (QED) is 0.783. The molecule has 1 heterocycles. The molecular formula is C13H10ClN3S. The molecule has 0 bridgehead atoms. The average Bonchev–Trinajstić information content (AvgIpc) is 2.27. The number of rotatable bonds is 2. The Kier molecular flexibility index (Phi) is 3.85. The van der Waals surface area contributed by atoms with Crippen LogP contribution < -0.4 is 0 Å². The van der Waals surface area contributed by atoms with Crippen molar-refractivity contribution in [2.45, 2.75) is 23.9 Å². The third kappa shape index (κ3) is 3.00. The second-order valence-corrected chi connectivity index (χ2v) is 5.24.